The van der Waals surface area contributed by atoms with Crippen molar-refractivity contribution in [1.29, 1.82) is 0 Å². The predicted octanol–water partition coefficient (Wildman–Crippen LogP) is 2.39. The van der Waals surface area contributed by atoms with Gasteiger partial charge in [0, 0.05) is 17.7 Å². The van der Waals surface area contributed by atoms with Crippen LogP contribution in [-0.2, 0) is 11.2 Å². The Hall–Kier alpha value is -0.640. The number of nitrogens with two attached hydrogens (primary N) is 1. The van der Waals surface area contributed by atoms with Gasteiger partial charge in [-0.2, -0.15) is 0 Å². The molecule has 2 nitrogen and oxygen atoms in total. The smallest absolute Gasteiger partial charge is 0.124 e. The van der Waals surface area contributed by atoms with E-state index in [0.717, 1.165) is 5.56 Å². The minimum Gasteiger partial charge on any atom is -0.380 e. The number of hydrogen-bond donors (Lipinski definition) is 1. The second kappa shape index (κ2) is 6.05. The third-order valence-electron chi connectivity index (χ3n) is 2.03. The highest BCUT2D eigenvalue weighted by atomic mass is 35.5. The van der Waals surface area contributed by atoms with E-state index in [1.807, 2.05) is 6.92 Å². The van der Waals surface area contributed by atoms with Gasteiger partial charge in [-0.1, -0.05) is 17.7 Å². The highest BCUT2D eigenvalue weighted by Gasteiger charge is 2.07. The molecule has 0 fully saturated rings. The van der Waals surface area contributed by atoms with E-state index in [-0.39, 0.29) is 11.9 Å². The Morgan fingerprint density at radius 1 is 1.53 bits per heavy atom. The van der Waals surface area contributed by atoms with Gasteiger partial charge in [0.05, 0.1) is 6.61 Å². The molecule has 1 rings (SSSR count). The van der Waals surface area contributed by atoms with Gasteiger partial charge in [-0.15, -0.1) is 0 Å². The van der Waals surface area contributed by atoms with Crippen molar-refractivity contribution < 1.29 is 9.13 Å². The fourth-order valence-electron chi connectivity index (χ4n) is 1.30. The van der Waals surface area contributed by atoms with E-state index in [9.17, 15) is 4.39 Å². The fraction of sp³-hybridized carbons (Fsp3) is 0.455. The van der Waals surface area contributed by atoms with Crippen LogP contribution in [0.5, 0.6) is 0 Å². The molecule has 0 bridgehead atoms. The Morgan fingerprint density at radius 3 is 2.87 bits per heavy atom. The van der Waals surface area contributed by atoms with E-state index < -0.39 is 0 Å². The molecule has 84 valence electrons. The van der Waals surface area contributed by atoms with Crippen molar-refractivity contribution in [3.05, 3.63) is 34.6 Å². The summed E-state index contributed by atoms with van der Waals surface area (Å²) in [5.74, 6) is -0.331. The maximum atomic E-state index is 12.7. The van der Waals surface area contributed by atoms with Crippen LogP contribution in [0.15, 0.2) is 18.2 Å². The zero-order valence-electron chi connectivity index (χ0n) is 8.67. The molecule has 0 aliphatic rings. The van der Waals surface area contributed by atoms with Crippen LogP contribution in [0.25, 0.3) is 0 Å². The first-order valence-electron chi connectivity index (χ1n) is 4.90. The molecule has 0 spiro atoms. The van der Waals surface area contributed by atoms with Gasteiger partial charge < -0.3 is 10.5 Å². The molecule has 1 unspecified atom stereocenters. The molecule has 0 aliphatic heterocycles. The number of hydrogen-bond acceptors (Lipinski definition) is 2. The molecule has 0 amide bonds. The van der Waals surface area contributed by atoms with Crippen LogP contribution in [0.1, 0.15) is 12.5 Å². The van der Waals surface area contributed by atoms with Crippen LogP contribution in [0, 0.1) is 5.82 Å². The van der Waals surface area contributed by atoms with Crippen molar-refractivity contribution in [2.45, 2.75) is 19.4 Å². The molecule has 4 heteroatoms. The first kappa shape index (κ1) is 12.4. The Bertz CT molecular complexity index is 319. The van der Waals surface area contributed by atoms with Crippen molar-refractivity contribution in [2.75, 3.05) is 13.2 Å². The average molecular weight is 232 g/mol. The molecule has 0 aliphatic carbocycles. The first-order chi connectivity index (χ1) is 7.13. The minimum atomic E-state index is -0.331. The fourth-order valence-corrected chi connectivity index (χ4v) is 1.54. The van der Waals surface area contributed by atoms with Crippen LogP contribution in [0.4, 0.5) is 4.39 Å². The third kappa shape index (κ3) is 4.16. The predicted molar refractivity (Wildman–Crippen MR) is 59.6 cm³/mol. The molecule has 1 atom stereocenters. The van der Waals surface area contributed by atoms with Crippen molar-refractivity contribution in [2.24, 2.45) is 5.73 Å². The van der Waals surface area contributed by atoms with E-state index >= 15 is 0 Å². The van der Waals surface area contributed by atoms with Crippen molar-refractivity contribution in [3.8, 4) is 0 Å². The summed E-state index contributed by atoms with van der Waals surface area (Å²) < 4.78 is 17.9. The molecule has 0 heterocycles. The van der Waals surface area contributed by atoms with E-state index in [1.54, 1.807) is 6.07 Å². The summed E-state index contributed by atoms with van der Waals surface area (Å²) in [6.07, 6.45) is 0.596. The number of ether oxygens (including phenoxy) is 1. The van der Waals surface area contributed by atoms with Gasteiger partial charge in [-0.25, -0.2) is 4.39 Å². The number of benzene rings is 1. The van der Waals surface area contributed by atoms with Gasteiger partial charge in [0.25, 0.3) is 0 Å². The lowest BCUT2D eigenvalue weighted by molar-refractivity contribution is 0.133. The summed E-state index contributed by atoms with van der Waals surface area (Å²) in [5, 5.41) is 0.418. The van der Waals surface area contributed by atoms with Gasteiger partial charge in [0.2, 0.25) is 0 Å². The molecule has 2 N–H and O–H groups in total. The Kier molecular flexibility index (Phi) is 5.02. The van der Waals surface area contributed by atoms with Gasteiger partial charge in [-0.05, 0) is 31.0 Å². The quantitative estimate of drug-likeness (QED) is 0.845. The van der Waals surface area contributed by atoms with Gasteiger partial charge in [-0.3, -0.25) is 0 Å². The molecular weight excluding hydrogens is 217 g/mol. The molecule has 0 saturated carbocycles. The molecule has 15 heavy (non-hydrogen) atoms. The van der Waals surface area contributed by atoms with Crippen LogP contribution in [0.3, 0.4) is 0 Å². The summed E-state index contributed by atoms with van der Waals surface area (Å²) in [5.41, 5.74) is 6.67. The van der Waals surface area contributed by atoms with Crippen LogP contribution >= 0.6 is 11.6 Å². The number of halogens is 2. The lowest BCUT2D eigenvalue weighted by Gasteiger charge is -2.12. The SMILES string of the molecule is CCOCC(N)Cc1ccc(F)cc1Cl. The van der Waals surface area contributed by atoms with E-state index in [4.69, 9.17) is 22.1 Å². The lowest BCUT2D eigenvalue weighted by atomic mass is 10.1. The van der Waals surface area contributed by atoms with Crippen LogP contribution in [0.2, 0.25) is 5.02 Å². The zero-order chi connectivity index (χ0) is 11.3. The summed E-state index contributed by atoms with van der Waals surface area (Å²) >= 11 is 5.87. The summed E-state index contributed by atoms with van der Waals surface area (Å²) in [7, 11) is 0. The molecular formula is C11H15ClFNO. The Balaban J connectivity index is 2.56. The molecule has 1 aromatic carbocycles. The monoisotopic (exact) mass is 231 g/mol. The van der Waals surface area contributed by atoms with Crippen molar-refractivity contribution in [1.82, 2.24) is 0 Å². The summed E-state index contributed by atoms with van der Waals surface area (Å²) in [6.45, 7) is 3.05. The normalized spacial score (nSPS) is 12.8. The highest BCUT2D eigenvalue weighted by Crippen LogP contribution is 2.18. The van der Waals surface area contributed by atoms with Gasteiger partial charge in [0.1, 0.15) is 5.82 Å². The Labute approximate surface area is 94.2 Å². The topological polar surface area (TPSA) is 35.2 Å². The van der Waals surface area contributed by atoms with E-state index in [2.05, 4.69) is 0 Å². The Morgan fingerprint density at radius 2 is 2.27 bits per heavy atom. The number of rotatable bonds is 5. The first-order valence-corrected chi connectivity index (χ1v) is 5.28. The second-order valence-corrected chi connectivity index (χ2v) is 3.77. The largest absolute Gasteiger partial charge is 0.380 e. The zero-order valence-corrected chi connectivity index (χ0v) is 9.43. The van der Waals surface area contributed by atoms with Gasteiger partial charge in [0.15, 0.2) is 0 Å². The maximum absolute atomic E-state index is 12.7. The molecule has 0 aromatic heterocycles. The lowest BCUT2D eigenvalue weighted by Crippen LogP contribution is -2.28. The van der Waals surface area contributed by atoms with Crippen LogP contribution in [-0.4, -0.2) is 19.3 Å². The maximum Gasteiger partial charge on any atom is 0.124 e. The highest BCUT2D eigenvalue weighted by molar-refractivity contribution is 6.31. The molecule has 1 aromatic rings. The van der Waals surface area contributed by atoms with E-state index in [0.29, 0.717) is 24.7 Å². The molecule has 0 saturated heterocycles. The van der Waals surface area contributed by atoms with Crippen LogP contribution < -0.4 is 5.73 Å². The standard InChI is InChI=1S/C11H15ClFNO/c1-2-15-7-10(14)5-8-3-4-9(13)6-11(8)12/h3-4,6,10H,2,5,7,14H2,1H3. The summed E-state index contributed by atoms with van der Waals surface area (Å²) in [4.78, 5) is 0. The second-order valence-electron chi connectivity index (χ2n) is 3.36. The molecule has 0 radical (unpaired) electrons. The van der Waals surface area contributed by atoms with Crippen molar-refractivity contribution in [3.63, 3.8) is 0 Å². The van der Waals surface area contributed by atoms with Crippen molar-refractivity contribution >= 4 is 11.6 Å². The third-order valence-corrected chi connectivity index (χ3v) is 2.39. The minimum absolute atomic E-state index is 0.104. The van der Waals surface area contributed by atoms with E-state index in [1.165, 1.54) is 12.1 Å². The average Bonchev–Trinajstić information content (AvgIpc) is 2.19. The summed E-state index contributed by atoms with van der Waals surface area (Å²) in [6, 6.07) is 4.23. The van der Waals surface area contributed by atoms with Gasteiger partial charge >= 0.3 is 0 Å².